The standard InChI is InChI=1S/C30H37O5P/c1-3-36-22-26-27(32-19-23-13-7-4-8-14-23)28(33-20-24-15-9-5-10-16-24)29(30(31-2)35-26)34-21-25-17-11-6-12-18-25/h4-18,26-30,36H,3,19-22H2,1-2H3/t26-,27-,28+,29+,30+/m1/s1. The number of hydrogen-bond donors (Lipinski definition) is 0. The molecule has 0 radical (unpaired) electrons. The summed E-state index contributed by atoms with van der Waals surface area (Å²) in [7, 11) is 2.44. The molecule has 1 aliphatic rings. The van der Waals surface area contributed by atoms with Crippen molar-refractivity contribution >= 4 is 8.58 Å². The highest BCUT2D eigenvalue weighted by atomic mass is 31.1. The Morgan fingerprint density at radius 1 is 0.639 bits per heavy atom. The molecule has 1 fully saturated rings. The molecule has 0 amide bonds. The van der Waals surface area contributed by atoms with Crippen LogP contribution in [0.15, 0.2) is 91.0 Å². The molecule has 4 rings (SSSR count). The minimum Gasteiger partial charge on any atom is -0.368 e. The quantitative estimate of drug-likeness (QED) is 0.273. The van der Waals surface area contributed by atoms with Crippen molar-refractivity contribution in [1.82, 2.24) is 0 Å². The van der Waals surface area contributed by atoms with Gasteiger partial charge in [0.05, 0.1) is 25.9 Å². The van der Waals surface area contributed by atoms with Gasteiger partial charge in [-0.15, -0.1) is 8.58 Å². The van der Waals surface area contributed by atoms with Crippen LogP contribution in [-0.2, 0) is 43.5 Å². The van der Waals surface area contributed by atoms with Gasteiger partial charge in [-0.1, -0.05) is 97.9 Å². The summed E-state index contributed by atoms with van der Waals surface area (Å²) < 4.78 is 31.9. The number of rotatable bonds is 13. The van der Waals surface area contributed by atoms with Gasteiger partial charge >= 0.3 is 0 Å². The molecule has 1 aliphatic heterocycles. The van der Waals surface area contributed by atoms with Gasteiger partial charge < -0.3 is 23.7 Å². The second-order valence-electron chi connectivity index (χ2n) is 8.87. The fourth-order valence-electron chi connectivity index (χ4n) is 4.39. The van der Waals surface area contributed by atoms with Gasteiger partial charge in [0, 0.05) is 7.11 Å². The van der Waals surface area contributed by atoms with E-state index in [0.717, 1.165) is 37.6 Å². The van der Waals surface area contributed by atoms with E-state index < -0.39 is 12.4 Å². The van der Waals surface area contributed by atoms with Crippen molar-refractivity contribution in [3.63, 3.8) is 0 Å². The van der Waals surface area contributed by atoms with Crippen molar-refractivity contribution in [3.05, 3.63) is 108 Å². The average Bonchev–Trinajstić information content (AvgIpc) is 2.94. The molecule has 5 nitrogen and oxygen atoms in total. The fourth-order valence-corrected chi connectivity index (χ4v) is 5.29. The lowest BCUT2D eigenvalue weighted by atomic mass is 9.98. The lowest BCUT2D eigenvalue weighted by molar-refractivity contribution is -0.313. The molecule has 0 bridgehead atoms. The Labute approximate surface area is 216 Å². The maximum Gasteiger partial charge on any atom is 0.186 e. The van der Waals surface area contributed by atoms with Crippen molar-refractivity contribution in [1.29, 1.82) is 0 Å². The molecule has 0 aromatic heterocycles. The summed E-state index contributed by atoms with van der Waals surface area (Å²) in [5.74, 6) is 0. The number of hydrogen-bond acceptors (Lipinski definition) is 5. The van der Waals surface area contributed by atoms with E-state index in [1.165, 1.54) is 0 Å². The van der Waals surface area contributed by atoms with E-state index in [1.54, 1.807) is 7.11 Å². The summed E-state index contributed by atoms with van der Waals surface area (Å²) in [4.78, 5) is 0. The zero-order valence-electron chi connectivity index (χ0n) is 21.1. The smallest absolute Gasteiger partial charge is 0.186 e. The number of ether oxygens (including phenoxy) is 5. The average molecular weight is 509 g/mol. The zero-order chi connectivity index (χ0) is 25.0. The Balaban J connectivity index is 1.58. The molecule has 0 N–H and O–H groups in total. The molecule has 0 spiro atoms. The van der Waals surface area contributed by atoms with E-state index in [2.05, 4.69) is 43.3 Å². The van der Waals surface area contributed by atoms with Crippen LogP contribution in [0, 0.1) is 0 Å². The molecule has 1 unspecified atom stereocenters. The van der Waals surface area contributed by atoms with Gasteiger partial charge in [-0.25, -0.2) is 0 Å². The van der Waals surface area contributed by atoms with Crippen LogP contribution in [0.25, 0.3) is 0 Å². The normalized spacial score (nSPS) is 24.3. The first-order valence-corrected chi connectivity index (χ1v) is 14.1. The monoisotopic (exact) mass is 508 g/mol. The highest BCUT2D eigenvalue weighted by Crippen LogP contribution is 2.33. The fraction of sp³-hybridized carbons (Fsp3) is 0.400. The SMILES string of the molecule is CCPC[C@H]1O[C@H](OC)[C@@H](OCc2ccccc2)[C@@H](OCc2ccccc2)[C@@H]1OCc1ccccc1. The molecule has 192 valence electrons. The van der Waals surface area contributed by atoms with E-state index in [-0.39, 0.29) is 18.3 Å². The van der Waals surface area contributed by atoms with Gasteiger partial charge in [-0.3, -0.25) is 0 Å². The third kappa shape index (κ3) is 7.69. The number of benzene rings is 3. The molecule has 6 heteroatoms. The number of methoxy groups -OCH3 is 1. The summed E-state index contributed by atoms with van der Waals surface area (Å²) in [6.07, 6.45) is 0.217. The lowest BCUT2D eigenvalue weighted by Gasteiger charge is -2.45. The van der Waals surface area contributed by atoms with Crippen molar-refractivity contribution in [2.24, 2.45) is 0 Å². The highest BCUT2D eigenvalue weighted by molar-refractivity contribution is 7.37. The highest BCUT2D eigenvalue weighted by Gasteiger charge is 2.48. The second kappa shape index (κ2) is 14.6. The topological polar surface area (TPSA) is 46.2 Å². The third-order valence-corrected chi connectivity index (χ3v) is 7.47. The minimum atomic E-state index is -0.544. The summed E-state index contributed by atoms with van der Waals surface area (Å²) >= 11 is 0. The molecule has 0 saturated carbocycles. The van der Waals surface area contributed by atoms with E-state index >= 15 is 0 Å². The molecular formula is C30H37O5P. The van der Waals surface area contributed by atoms with Gasteiger partial charge in [0.2, 0.25) is 0 Å². The third-order valence-electron chi connectivity index (χ3n) is 6.27. The lowest BCUT2D eigenvalue weighted by Crippen LogP contribution is -2.61. The maximum atomic E-state index is 6.61. The van der Waals surface area contributed by atoms with Crippen molar-refractivity contribution in [2.45, 2.75) is 57.5 Å². The van der Waals surface area contributed by atoms with Crippen molar-refractivity contribution in [2.75, 3.05) is 19.4 Å². The van der Waals surface area contributed by atoms with Crippen LogP contribution in [-0.4, -0.2) is 50.1 Å². The summed E-state index contributed by atoms with van der Waals surface area (Å²) in [5.41, 5.74) is 3.31. The zero-order valence-corrected chi connectivity index (χ0v) is 22.1. The molecule has 0 aliphatic carbocycles. The Hall–Kier alpha value is -2.11. The first-order valence-electron chi connectivity index (χ1n) is 12.6. The van der Waals surface area contributed by atoms with Crippen LogP contribution >= 0.6 is 8.58 Å². The van der Waals surface area contributed by atoms with E-state index in [0.29, 0.717) is 19.8 Å². The molecule has 3 aromatic carbocycles. The van der Waals surface area contributed by atoms with Crippen LogP contribution in [0.4, 0.5) is 0 Å². The first kappa shape index (κ1) is 26.9. The molecule has 1 saturated heterocycles. The molecule has 6 atom stereocenters. The van der Waals surface area contributed by atoms with Crippen LogP contribution < -0.4 is 0 Å². The van der Waals surface area contributed by atoms with E-state index in [9.17, 15) is 0 Å². The summed E-state index contributed by atoms with van der Waals surface area (Å²) in [6.45, 7) is 3.58. The molecule has 36 heavy (non-hydrogen) atoms. The summed E-state index contributed by atoms with van der Waals surface area (Å²) in [5, 5.41) is 0. The molecule has 3 aromatic rings. The van der Waals surface area contributed by atoms with Gasteiger partial charge in [0.1, 0.15) is 18.3 Å². The van der Waals surface area contributed by atoms with Gasteiger partial charge in [0.15, 0.2) is 6.29 Å². The Bertz CT molecular complexity index is 988. The van der Waals surface area contributed by atoms with Crippen LogP contribution in [0.2, 0.25) is 0 Å². The van der Waals surface area contributed by atoms with Crippen LogP contribution in [0.3, 0.4) is 0 Å². The summed E-state index contributed by atoms with van der Waals surface area (Å²) in [6, 6.07) is 30.6. The van der Waals surface area contributed by atoms with E-state index in [1.807, 2.05) is 54.6 Å². The van der Waals surface area contributed by atoms with Crippen LogP contribution in [0.1, 0.15) is 23.6 Å². The van der Waals surface area contributed by atoms with Crippen LogP contribution in [0.5, 0.6) is 0 Å². The Kier molecular flexibility index (Phi) is 10.9. The first-order chi connectivity index (χ1) is 17.8. The minimum absolute atomic E-state index is 0.144. The molecular weight excluding hydrogens is 471 g/mol. The van der Waals surface area contributed by atoms with Crippen molar-refractivity contribution < 1.29 is 23.7 Å². The maximum absolute atomic E-state index is 6.61. The Morgan fingerprint density at radius 2 is 1.08 bits per heavy atom. The second-order valence-corrected chi connectivity index (χ2v) is 10.5. The molecule has 1 heterocycles. The van der Waals surface area contributed by atoms with Gasteiger partial charge in [-0.2, -0.15) is 0 Å². The predicted octanol–water partition coefficient (Wildman–Crippen LogP) is 5.81. The van der Waals surface area contributed by atoms with Gasteiger partial charge in [0.25, 0.3) is 0 Å². The predicted molar refractivity (Wildman–Crippen MR) is 144 cm³/mol. The van der Waals surface area contributed by atoms with E-state index in [4.69, 9.17) is 23.7 Å². The van der Waals surface area contributed by atoms with Crippen molar-refractivity contribution in [3.8, 4) is 0 Å². The largest absolute Gasteiger partial charge is 0.368 e. The Morgan fingerprint density at radius 3 is 1.53 bits per heavy atom. The van der Waals surface area contributed by atoms with Gasteiger partial charge in [-0.05, 0) is 29.0 Å².